The van der Waals surface area contributed by atoms with E-state index in [2.05, 4.69) is 5.10 Å². The molecule has 6 heteroatoms. The standard InChI is InChI=1S/C22H21ClN2O3/c23-19-6-2-1-4-15(19)5-3-10-25-22(27)18(14-26)13-20(24-25)16-7-8-21-17(12-16)9-11-28-21/h1-2,4,6-8,12-13,26H,3,5,9-11,14H2. The van der Waals surface area contributed by atoms with Gasteiger partial charge in [-0.1, -0.05) is 29.8 Å². The van der Waals surface area contributed by atoms with Gasteiger partial charge in [-0.3, -0.25) is 4.79 Å². The smallest absolute Gasteiger partial charge is 0.272 e. The van der Waals surface area contributed by atoms with E-state index in [0.29, 0.717) is 24.4 Å². The van der Waals surface area contributed by atoms with E-state index in [9.17, 15) is 9.90 Å². The third kappa shape index (κ3) is 3.81. The summed E-state index contributed by atoms with van der Waals surface area (Å²) in [5, 5.41) is 14.9. The first-order valence-electron chi connectivity index (χ1n) is 9.37. The number of aromatic nitrogens is 2. The van der Waals surface area contributed by atoms with Gasteiger partial charge < -0.3 is 9.84 Å². The van der Waals surface area contributed by atoms with Gasteiger partial charge >= 0.3 is 0 Å². The summed E-state index contributed by atoms with van der Waals surface area (Å²) >= 11 is 6.21. The van der Waals surface area contributed by atoms with Gasteiger partial charge in [-0.2, -0.15) is 5.10 Å². The molecule has 28 heavy (non-hydrogen) atoms. The molecule has 0 saturated carbocycles. The number of aliphatic hydroxyl groups excluding tert-OH is 1. The van der Waals surface area contributed by atoms with E-state index in [1.165, 1.54) is 4.68 Å². The van der Waals surface area contributed by atoms with Crippen molar-refractivity contribution >= 4 is 11.6 Å². The Morgan fingerprint density at radius 2 is 2.00 bits per heavy atom. The molecule has 1 aromatic heterocycles. The lowest BCUT2D eigenvalue weighted by Gasteiger charge is -2.11. The van der Waals surface area contributed by atoms with Gasteiger partial charge in [0.1, 0.15) is 5.75 Å². The first-order valence-corrected chi connectivity index (χ1v) is 9.75. The number of ether oxygens (including phenoxy) is 1. The van der Waals surface area contributed by atoms with E-state index in [1.807, 2.05) is 42.5 Å². The fourth-order valence-electron chi connectivity index (χ4n) is 3.47. The monoisotopic (exact) mass is 396 g/mol. The SMILES string of the molecule is O=c1c(CO)cc(-c2ccc3c(c2)CCO3)nn1CCCc1ccccc1Cl. The molecule has 2 aromatic carbocycles. The van der Waals surface area contributed by atoms with E-state index >= 15 is 0 Å². The summed E-state index contributed by atoms with van der Waals surface area (Å²) in [6, 6.07) is 15.3. The van der Waals surface area contributed by atoms with Crippen LogP contribution in [0, 0.1) is 0 Å². The highest BCUT2D eigenvalue weighted by atomic mass is 35.5. The minimum Gasteiger partial charge on any atom is -0.493 e. The van der Waals surface area contributed by atoms with Crippen molar-refractivity contribution in [3.63, 3.8) is 0 Å². The summed E-state index contributed by atoms with van der Waals surface area (Å²) in [4.78, 5) is 12.6. The zero-order valence-electron chi connectivity index (χ0n) is 15.4. The maximum Gasteiger partial charge on any atom is 0.272 e. The highest BCUT2D eigenvalue weighted by Crippen LogP contribution is 2.29. The predicted octanol–water partition coefficient (Wildman–Crippen LogP) is 3.62. The topological polar surface area (TPSA) is 64.3 Å². The van der Waals surface area contributed by atoms with Gasteiger partial charge in [0.2, 0.25) is 0 Å². The van der Waals surface area contributed by atoms with Crippen LogP contribution in [-0.4, -0.2) is 21.5 Å². The number of benzene rings is 2. The van der Waals surface area contributed by atoms with E-state index in [1.54, 1.807) is 6.07 Å². The second kappa shape index (κ2) is 8.17. The van der Waals surface area contributed by atoms with Gasteiger partial charge in [-0.25, -0.2) is 4.68 Å². The average Bonchev–Trinajstić information content (AvgIpc) is 3.18. The summed E-state index contributed by atoms with van der Waals surface area (Å²) in [5.41, 5.74) is 3.87. The molecule has 1 aliphatic heterocycles. The Labute approximate surface area is 168 Å². The minimum atomic E-state index is -0.313. The van der Waals surface area contributed by atoms with Crippen molar-refractivity contribution in [2.24, 2.45) is 0 Å². The van der Waals surface area contributed by atoms with E-state index in [0.717, 1.165) is 46.7 Å². The molecule has 1 N–H and O–H groups in total. The molecular weight excluding hydrogens is 376 g/mol. The number of nitrogens with zero attached hydrogens (tertiary/aromatic N) is 2. The molecule has 0 spiro atoms. The van der Waals surface area contributed by atoms with Crippen LogP contribution in [0.2, 0.25) is 5.02 Å². The van der Waals surface area contributed by atoms with Crippen molar-refractivity contribution in [1.82, 2.24) is 9.78 Å². The average molecular weight is 397 g/mol. The van der Waals surface area contributed by atoms with E-state index in [-0.39, 0.29) is 12.2 Å². The van der Waals surface area contributed by atoms with Crippen LogP contribution in [-0.2, 0) is 26.0 Å². The third-order valence-electron chi connectivity index (χ3n) is 4.98. The Kier molecular flexibility index (Phi) is 5.46. The fourth-order valence-corrected chi connectivity index (χ4v) is 3.70. The highest BCUT2D eigenvalue weighted by Gasteiger charge is 2.15. The summed E-state index contributed by atoms with van der Waals surface area (Å²) in [6.07, 6.45) is 2.35. The highest BCUT2D eigenvalue weighted by molar-refractivity contribution is 6.31. The second-order valence-corrected chi connectivity index (χ2v) is 7.26. The Balaban J connectivity index is 1.59. The summed E-state index contributed by atoms with van der Waals surface area (Å²) in [6.45, 7) is 0.835. The van der Waals surface area contributed by atoms with Crippen molar-refractivity contribution in [3.8, 4) is 17.0 Å². The number of fused-ring (bicyclic) bond motifs is 1. The molecule has 5 nitrogen and oxygen atoms in total. The van der Waals surface area contributed by atoms with Crippen LogP contribution in [0.1, 0.15) is 23.1 Å². The normalized spacial score (nSPS) is 12.6. The molecular formula is C22H21ClN2O3. The zero-order chi connectivity index (χ0) is 19.5. The fraction of sp³-hybridized carbons (Fsp3) is 0.273. The van der Waals surface area contributed by atoms with Crippen LogP contribution in [0.5, 0.6) is 5.75 Å². The largest absolute Gasteiger partial charge is 0.493 e. The number of halogens is 1. The van der Waals surface area contributed by atoms with Gasteiger partial charge in [0, 0.05) is 29.1 Å². The number of hydrogen-bond donors (Lipinski definition) is 1. The Hall–Kier alpha value is -2.63. The Bertz CT molecular complexity index is 1060. The van der Waals surface area contributed by atoms with Crippen LogP contribution >= 0.6 is 11.6 Å². The van der Waals surface area contributed by atoms with E-state index < -0.39 is 0 Å². The third-order valence-corrected chi connectivity index (χ3v) is 5.35. The van der Waals surface area contributed by atoms with Crippen molar-refractivity contribution in [2.75, 3.05) is 6.61 Å². The number of aryl methyl sites for hydroxylation is 2. The first kappa shape index (κ1) is 18.7. The van der Waals surface area contributed by atoms with Crippen molar-refractivity contribution in [2.45, 2.75) is 32.4 Å². The Morgan fingerprint density at radius 3 is 2.82 bits per heavy atom. The number of aliphatic hydroxyl groups is 1. The van der Waals surface area contributed by atoms with Gasteiger partial charge in [0.15, 0.2) is 0 Å². The molecule has 144 valence electrons. The molecule has 1 aliphatic rings. The lowest BCUT2D eigenvalue weighted by atomic mass is 10.1. The Morgan fingerprint density at radius 1 is 1.14 bits per heavy atom. The van der Waals surface area contributed by atoms with Crippen molar-refractivity contribution in [3.05, 3.63) is 80.6 Å². The number of hydrogen-bond acceptors (Lipinski definition) is 4. The molecule has 0 saturated heterocycles. The van der Waals surface area contributed by atoms with Crippen LogP contribution in [0.25, 0.3) is 11.3 Å². The van der Waals surface area contributed by atoms with Gasteiger partial charge in [-0.15, -0.1) is 0 Å². The van der Waals surface area contributed by atoms with Gasteiger partial charge in [0.25, 0.3) is 5.56 Å². The quantitative estimate of drug-likeness (QED) is 0.691. The molecule has 0 atom stereocenters. The first-order chi connectivity index (χ1) is 13.7. The zero-order valence-corrected chi connectivity index (χ0v) is 16.2. The molecule has 0 bridgehead atoms. The number of rotatable bonds is 6. The lowest BCUT2D eigenvalue weighted by molar-refractivity contribution is 0.278. The van der Waals surface area contributed by atoms with E-state index in [4.69, 9.17) is 16.3 Å². The molecule has 0 fully saturated rings. The molecule has 0 unspecified atom stereocenters. The molecule has 4 rings (SSSR count). The molecule has 2 heterocycles. The van der Waals surface area contributed by atoms with Crippen LogP contribution in [0.15, 0.2) is 53.3 Å². The van der Waals surface area contributed by atoms with Gasteiger partial charge in [-0.05, 0) is 54.3 Å². The minimum absolute atomic E-state index is 0.255. The summed E-state index contributed by atoms with van der Waals surface area (Å²) in [7, 11) is 0. The predicted molar refractivity (Wildman–Crippen MR) is 109 cm³/mol. The lowest BCUT2D eigenvalue weighted by Crippen LogP contribution is -2.27. The molecule has 3 aromatic rings. The maximum atomic E-state index is 12.6. The maximum absolute atomic E-state index is 12.6. The van der Waals surface area contributed by atoms with Crippen molar-refractivity contribution < 1.29 is 9.84 Å². The van der Waals surface area contributed by atoms with Crippen LogP contribution < -0.4 is 10.3 Å². The van der Waals surface area contributed by atoms with Crippen molar-refractivity contribution in [1.29, 1.82) is 0 Å². The van der Waals surface area contributed by atoms with Crippen LogP contribution in [0.4, 0.5) is 0 Å². The summed E-state index contributed by atoms with van der Waals surface area (Å²) in [5.74, 6) is 0.902. The molecule has 0 amide bonds. The van der Waals surface area contributed by atoms with Crippen LogP contribution in [0.3, 0.4) is 0 Å². The summed E-state index contributed by atoms with van der Waals surface area (Å²) < 4.78 is 7.00. The van der Waals surface area contributed by atoms with Gasteiger partial charge in [0.05, 0.1) is 18.9 Å². The second-order valence-electron chi connectivity index (χ2n) is 6.86. The molecule has 0 radical (unpaired) electrons. The molecule has 0 aliphatic carbocycles.